The van der Waals surface area contributed by atoms with Crippen LogP contribution in [0, 0.1) is 11.8 Å². The van der Waals surface area contributed by atoms with Crippen LogP contribution in [0.2, 0.25) is 0 Å². The molecule has 1 aliphatic rings. The van der Waals surface area contributed by atoms with Crippen molar-refractivity contribution >= 4 is 5.91 Å². The summed E-state index contributed by atoms with van der Waals surface area (Å²) >= 11 is 0. The highest BCUT2D eigenvalue weighted by Crippen LogP contribution is 2.19. The molecule has 2 N–H and O–H groups in total. The van der Waals surface area contributed by atoms with Crippen molar-refractivity contribution in [3.05, 3.63) is 0 Å². The summed E-state index contributed by atoms with van der Waals surface area (Å²) in [4.78, 5) is 15.2. The van der Waals surface area contributed by atoms with Crippen molar-refractivity contribution in [1.29, 1.82) is 0 Å². The average molecular weight is 309 g/mol. The molecule has 0 aromatic heterocycles. The maximum atomic E-state index is 12.3. The van der Waals surface area contributed by atoms with Gasteiger partial charge >= 0.3 is 6.18 Å². The van der Waals surface area contributed by atoms with Crippen molar-refractivity contribution in [3.8, 4) is 0 Å². The Morgan fingerprint density at radius 3 is 2.19 bits per heavy atom. The summed E-state index contributed by atoms with van der Waals surface area (Å²) < 4.78 is 36.9. The lowest BCUT2D eigenvalue weighted by Crippen LogP contribution is -2.51. The molecule has 1 atom stereocenters. The van der Waals surface area contributed by atoms with Crippen LogP contribution < -0.4 is 5.73 Å². The lowest BCUT2D eigenvalue weighted by atomic mass is 9.93. The molecule has 4 nitrogen and oxygen atoms in total. The van der Waals surface area contributed by atoms with Gasteiger partial charge in [-0.3, -0.25) is 9.69 Å². The molecule has 124 valence electrons. The van der Waals surface area contributed by atoms with E-state index in [2.05, 4.69) is 13.8 Å². The van der Waals surface area contributed by atoms with E-state index in [0.717, 1.165) is 6.42 Å². The van der Waals surface area contributed by atoms with Gasteiger partial charge in [-0.05, 0) is 24.8 Å². The number of nitrogens with two attached hydrogens (primary N) is 1. The molecule has 0 radical (unpaired) electrons. The summed E-state index contributed by atoms with van der Waals surface area (Å²) in [6, 6.07) is 0. The summed E-state index contributed by atoms with van der Waals surface area (Å²) in [5, 5.41) is 0. The second-order valence-electron chi connectivity index (χ2n) is 6.21. The smallest absolute Gasteiger partial charge is 0.340 e. The van der Waals surface area contributed by atoms with E-state index in [9.17, 15) is 18.0 Å². The first kappa shape index (κ1) is 18.2. The van der Waals surface area contributed by atoms with Crippen LogP contribution in [-0.2, 0) is 4.79 Å². The molecular formula is C14H26F3N3O. The number of carbonyl (C=O) groups is 1. The van der Waals surface area contributed by atoms with Crippen molar-refractivity contribution in [2.45, 2.75) is 32.9 Å². The molecule has 0 unspecified atom stereocenters. The highest BCUT2D eigenvalue weighted by molar-refractivity contribution is 5.76. The highest BCUT2D eigenvalue weighted by atomic mass is 19.4. The van der Waals surface area contributed by atoms with Gasteiger partial charge in [-0.1, -0.05) is 13.8 Å². The van der Waals surface area contributed by atoms with Gasteiger partial charge < -0.3 is 10.6 Å². The van der Waals surface area contributed by atoms with E-state index in [1.165, 1.54) is 4.90 Å². The Kier molecular flexibility index (Phi) is 6.93. The maximum absolute atomic E-state index is 12.3. The molecule has 0 spiro atoms. The summed E-state index contributed by atoms with van der Waals surface area (Å²) in [5.41, 5.74) is 5.69. The number of hydrogen-bond donors (Lipinski definition) is 1. The van der Waals surface area contributed by atoms with Crippen LogP contribution in [0.1, 0.15) is 26.7 Å². The monoisotopic (exact) mass is 309 g/mol. The Hall–Kier alpha value is -0.820. The number of piperazine rings is 1. The molecule has 1 fully saturated rings. The zero-order valence-corrected chi connectivity index (χ0v) is 12.8. The quantitative estimate of drug-likeness (QED) is 0.812. The van der Waals surface area contributed by atoms with Crippen LogP contribution in [0.15, 0.2) is 0 Å². The van der Waals surface area contributed by atoms with Crippen LogP contribution in [0.5, 0.6) is 0 Å². The van der Waals surface area contributed by atoms with E-state index in [0.29, 0.717) is 32.0 Å². The van der Waals surface area contributed by atoms with Crippen LogP contribution in [0.4, 0.5) is 13.2 Å². The number of halogens is 3. The number of rotatable bonds is 6. The highest BCUT2D eigenvalue weighted by Gasteiger charge is 2.33. The molecule has 0 saturated carbocycles. The second kappa shape index (κ2) is 7.98. The topological polar surface area (TPSA) is 49.6 Å². The van der Waals surface area contributed by atoms with Crippen LogP contribution in [0.3, 0.4) is 0 Å². The predicted octanol–water partition coefficient (Wildman–Crippen LogP) is 1.70. The van der Waals surface area contributed by atoms with Gasteiger partial charge in [-0.25, -0.2) is 0 Å². The SMILES string of the molecule is CC(C)C[C@H](CN)CC(=O)N1CCN(CC(F)(F)F)CC1. The lowest BCUT2D eigenvalue weighted by Gasteiger charge is -2.35. The van der Waals surface area contributed by atoms with Gasteiger partial charge in [0.1, 0.15) is 0 Å². The van der Waals surface area contributed by atoms with Crippen LogP contribution >= 0.6 is 0 Å². The van der Waals surface area contributed by atoms with Crippen LogP contribution in [-0.4, -0.2) is 61.2 Å². The molecule has 0 aromatic carbocycles. The minimum Gasteiger partial charge on any atom is -0.340 e. The lowest BCUT2D eigenvalue weighted by molar-refractivity contribution is -0.152. The van der Waals surface area contributed by atoms with E-state index in [-0.39, 0.29) is 24.9 Å². The number of alkyl halides is 3. The molecule has 7 heteroatoms. The second-order valence-corrected chi connectivity index (χ2v) is 6.21. The Labute approximate surface area is 124 Å². The fourth-order valence-corrected chi connectivity index (χ4v) is 2.71. The molecule has 1 rings (SSSR count). The van der Waals surface area contributed by atoms with E-state index >= 15 is 0 Å². The Morgan fingerprint density at radius 2 is 1.76 bits per heavy atom. The molecule has 1 amide bonds. The summed E-state index contributed by atoms with van der Waals surface area (Å²) in [6.45, 7) is 5.05. The van der Waals surface area contributed by atoms with E-state index < -0.39 is 12.7 Å². The standard InChI is InChI=1S/C14H26F3N3O/c1-11(2)7-12(9-18)8-13(21)20-5-3-19(4-6-20)10-14(15,16)17/h11-12H,3-10,18H2,1-2H3/t12-/m0/s1. The molecule has 1 saturated heterocycles. The van der Waals surface area contributed by atoms with Crippen LogP contribution in [0.25, 0.3) is 0 Å². The average Bonchev–Trinajstić information content (AvgIpc) is 2.36. The van der Waals surface area contributed by atoms with E-state index in [1.807, 2.05) is 0 Å². The summed E-state index contributed by atoms with van der Waals surface area (Å²) in [7, 11) is 0. The predicted molar refractivity (Wildman–Crippen MR) is 75.7 cm³/mol. The van der Waals surface area contributed by atoms with Crippen molar-refractivity contribution in [1.82, 2.24) is 9.80 Å². The first-order valence-electron chi connectivity index (χ1n) is 7.48. The zero-order valence-electron chi connectivity index (χ0n) is 12.8. The van der Waals surface area contributed by atoms with Gasteiger partial charge in [0.25, 0.3) is 0 Å². The fraction of sp³-hybridized carbons (Fsp3) is 0.929. The molecule has 0 aliphatic carbocycles. The third-order valence-corrected chi connectivity index (χ3v) is 3.73. The molecule has 1 aliphatic heterocycles. The minimum absolute atomic E-state index is 0.0118. The Morgan fingerprint density at radius 1 is 1.19 bits per heavy atom. The third kappa shape index (κ3) is 7.13. The number of amides is 1. The van der Waals surface area contributed by atoms with Gasteiger partial charge in [0.2, 0.25) is 5.91 Å². The number of carbonyl (C=O) groups excluding carboxylic acids is 1. The zero-order chi connectivity index (χ0) is 16.0. The molecular weight excluding hydrogens is 283 g/mol. The van der Waals surface area contributed by atoms with Crippen molar-refractivity contribution in [2.75, 3.05) is 39.3 Å². The van der Waals surface area contributed by atoms with Gasteiger partial charge in [-0.15, -0.1) is 0 Å². The molecule has 1 heterocycles. The first-order valence-corrected chi connectivity index (χ1v) is 7.48. The Bertz CT molecular complexity index is 326. The molecule has 21 heavy (non-hydrogen) atoms. The summed E-state index contributed by atoms with van der Waals surface area (Å²) in [5.74, 6) is 0.651. The van der Waals surface area contributed by atoms with Gasteiger partial charge in [0.05, 0.1) is 6.54 Å². The van der Waals surface area contributed by atoms with Crippen molar-refractivity contribution in [3.63, 3.8) is 0 Å². The third-order valence-electron chi connectivity index (χ3n) is 3.73. The minimum atomic E-state index is -4.17. The number of hydrogen-bond acceptors (Lipinski definition) is 3. The van der Waals surface area contributed by atoms with Crippen molar-refractivity contribution < 1.29 is 18.0 Å². The van der Waals surface area contributed by atoms with Gasteiger partial charge in [-0.2, -0.15) is 13.2 Å². The van der Waals surface area contributed by atoms with Gasteiger partial charge in [0.15, 0.2) is 0 Å². The Balaban J connectivity index is 2.37. The fourth-order valence-electron chi connectivity index (χ4n) is 2.71. The van der Waals surface area contributed by atoms with Gasteiger partial charge in [0, 0.05) is 32.6 Å². The van der Waals surface area contributed by atoms with Crippen molar-refractivity contribution in [2.24, 2.45) is 17.6 Å². The molecule has 0 aromatic rings. The maximum Gasteiger partial charge on any atom is 0.401 e. The first-order chi connectivity index (χ1) is 9.71. The van der Waals surface area contributed by atoms with E-state index in [1.54, 1.807) is 4.90 Å². The van der Waals surface area contributed by atoms with E-state index in [4.69, 9.17) is 5.73 Å². The summed E-state index contributed by atoms with van der Waals surface area (Å²) in [6.07, 6.45) is -2.88. The largest absolute Gasteiger partial charge is 0.401 e. The number of nitrogens with zero attached hydrogens (tertiary/aromatic N) is 2. The normalized spacial score (nSPS) is 19.1. The molecule has 0 bridgehead atoms.